The molecular formula is C54H76N6O13. The van der Waals surface area contributed by atoms with Gasteiger partial charge in [-0.15, -0.1) is 0 Å². The van der Waals surface area contributed by atoms with Gasteiger partial charge in [-0.05, 0) is 142 Å². The number of rotatable bonds is 17. The lowest BCUT2D eigenvalue weighted by Crippen LogP contribution is -2.52. The lowest BCUT2D eigenvalue weighted by Gasteiger charge is -2.45. The highest BCUT2D eigenvalue weighted by molar-refractivity contribution is 5.86. The number of hydrogen-bond acceptors (Lipinski definition) is 17. The van der Waals surface area contributed by atoms with Crippen molar-refractivity contribution < 1.29 is 52.7 Å². The standard InChI is InChI=1S/2C18H24N2O5.C18H28N2O3/c2*1-5-6-9-24-16(21)18(4)11-13(10-17(2,3)25-18)15-8-7-14(12-19-15)20(22)23;1-5-6-9-22-16(21)18(4)11-13(10-17(2,3)23-18)15-8-7-14(19)12-20-15/h7-8,11-12H,5-6,9-10H2,1-4H3;7-8,10,12H,5-6,9,11H2,1-4H3;7-8,12-13H,5-6,9-11,19H2,1-4H3. The molecule has 19 heteroatoms. The topological polar surface area (TPSA) is 258 Å². The van der Waals surface area contributed by atoms with Crippen molar-refractivity contribution in [1.29, 1.82) is 0 Å². The number of aromatic nitrogens is 3. The van der Waals surface area contributed by atoms with Crippen LogP contribution < -0.4 is 5.73 Å². The second-order valence-corrected chi connectivity index (χ2v) is 21.1. The summed E-state index contributed by atoms with van der Waals surface area (Å²) in [6.07, 6.45) is 15.2. The summed E-state index contributed by atoms with van der Waals surface area (Å²) in [5.74, 6) is -0.975. The molecule has 6 rings (SSSR count). The second kappa shape index (κ2) is 25.2. The van der Waals surface area contributed by atoms with E-state index in [0.717, 1.165) is 61.8 Å². The van der Waals surface area contributed by atoms with Gasteiger partial charge in [0.05, 0.1) is 69.7 Å². The van der Waals surface area contributed by atoms with Crippen molar-refractivity contribution in [2.75, 3.05) is 25.6 Å². The first kappa shape index (κ1) is 59.4. The molecule has 0 saturated carbocycles. The van der Waals surface area contributed by atoms with Crippen LogP contribution in [0.25, 0.3) is 11.1 Å². The number of carbonyl (C=O) groups excluding carboxylic acids is 3. The number of hydrogen-bond donors (Lipinski definition) is 1. The first-order valence-electron chi connectivity index (χ1n) is 25.1. The number of nitrogens with two attached hydrogens (primary N) is 1. The zero-order chi connectivity index (χ0) is 54.4. The van der Waals surface area contributed by atoms with Gasteiger partial charge in [0.25, 0.3) is 11.4 Å². The molecule has 1 saturated heterocycles. The van der Waals surface area contributed by atoms with Crippen LogP contribution in [0.15, 0.2) is 67.1 Å². The molecule has 73 heavy (non-hydrogen) atoms. The summed E-state index contributed by atoms with van der Waals surface area (Å²) < 4.78 is 34.2. The molecule has 3 aromatic rings. The lowest BCUT2D eigenvalue weighted by molar-refractivity contribution is -0.385. The van der Waals surface area contributed by atoms with E-state index in [9.17, 15) is 34.6 Å². The summed E-state index contributed by atoms with van der Waals surface area (Å²) in [6, 6.07) is 9.78. The summed E-state index contributed by atoms with van der Waals surface area (Å²) in [5.41, 5.74) is 5.00. The molecule has 19 nitrogen and oxygen atoms in total. The minimum absolute atomic E-state index is 0.0718. The predicted molar refractivity (Wildman–Crippen MR) is 276 cm³/mol. The Morgan fingerprint density at radius 2 is 1.10 bits per heavy atom. The second-order valence-electron chi connectivity index (χ2n) is 21.1. The number of esters is 3. The first-order chi connectivity index (χ1) is 34.1. The third-order valence-electron chi connectivity index (χ3n) is 12.2. The van der Waals surface area contributed by atoms with Crippen LogP contribution in [0.4, 0.5) is 17.1 Å². The normalized spacial score (nSPS) is 23.6. The molecule has 0 aromatic carbocycles. The summed E-state index contributed by atoms with van der Waals surface area (Å²) in [4.78, 5) is 70.9. The molecule has 0 aliphatic carbocycles. The summed E-state index contributed by atoms with van der Waals surface area (Å²) in [5, 5.41) is 21.6. The largest absolute Gasteiger partial charge is 0.464 e. The van der Waals surface area contributed by atoms with Crippen molar-refractivity contribution in [3.63, 3.8) is 0 Å². The summed E-state index contributed by atoms with van der Waals surface area (Å²) in [7, 11) is 0. The van der Waals surface area contributed by atoms with Crippen molar-refractivity contribution in [1.82, 2.24) is 15.0 Å². The molecule has 6 heterocycles. The highest BCUT2D eigenvalue weighted by Gasteiger charge is 2.49. The highest BCUT2D eigenvalue weighted by atomic mass is 16.6. The Balaban J connectivity index is 0.000000238. The number of carbonyl (C=O) groups is 3. The smallest absolute Gasteiger partial charge is 0.342 e. The van der Waals surface area contributed by atoms with E-state index in [1.807, 2.05) is 80.5 Å². The van der Waals surface area contributed by atoms with E-state index in [2.05, 4.69) is 21.9 Å². The molecule has 3 aliphatic rings. The number of anilines is 1. The maximum atomic E-state index is 12.5. The van der Waals surface area contributed by atoms with Crippen LogP contribution in [0.5, 0.6) is 0 Å². The van der Waals surface area contributed by atoms with E-state index < -0.39 is 55.4 Å². The van der Waals surface area contributed by atoms with E-state index in [1.165, 1.54) is 24.5 Å². The van der Waals surface area contributed by atoms with Crippen LogP contribution >= 0.6 is 0 Å². The van der Waals surface area contributed by atoms with Crippen molar-refractivity contribution in [3.8, 4) is 0 Å². The quantitative estimate of drug-likeness (QED) is 0.0433. The zero-order valence-corrected chi connectivity index (χ0v) is 44.7. The maximum absolute atomic E-state index is 12.5. The van der Waals surface area contributed by atoms with Crippen LogP contribution in [0.2, 0.25) is 0 Å². The zero-order valence-electron chi connectivity index (χ0n) is 44.7. The van der Waals surface area contributed by atoms with Crippen molar-refractivity contribution in [2.24, 2.45) is 0 Å². The van der Waals surface area contributed by atoms with Gasteiger partial charge in [0.15, 0.2) is 16.8 Å². The number of nitrogens with zero attached hydrogens (tertiary/aromatic N) is 5. The number of nitrogen functional groups attached to an aromatic ring is 1. The molecule has 0 spiro atoms. The Morgan fingerprint density at radius 1 is 0.603 bits per heavy atom. The van der Waals surface area contributed by atoms with Gasteiger partial charge in [0, 0.05) is 36.6 Å². The lowest BCUT2D eigenvalue weighted by atomic mass is 9.78. The molecule has 3 aromatic heterocycles. The van der Waals surface area contributed by atoms with Gasteiger partial charge in [-0.3, -0.25) is 25.2 Å². The third-order valence-corrected chi connectivity index (χ3v) is 12.2. The van der Waals surface area contributed by atoms with Gasteiger partial charge in [0.2, 0.25) is 0 Å². The van der Waals surface area contributed by atoms with Crippen molar-refractivity contribution in [2.45, 2.75) is 187 Å². The molecule has 1 fully saturated rings. The molecule has 0 amide bonds. The average Bonchev–Trinajstić information content (AvgIpc) is 3.30. The van der Waals surface area contributed by atoms with Crippen LogP contribution in [-0.4, -0.2) is 96.1 Å². The van der Waals surface area contributed by atoms with Gasteiger partial charge in [-0.2, -0.15) is 0 Å². The van der Waals surface area contributed by atoms with E-state index >= 15 is 0 Å². The van der Waals surface area contributed by atoms with Crippen LogP contribution in [0.1, 0.15) is 170 Å². The van der Waals surface area contributed by atoms with E-state index in [1.54, 1.807) is 38.3 Å². The van der Waals surface area contributed by atoms with Gasteiger partial charge < -0.3 is 34.2 Å². The molecule has 3 aliphatic heterocycles. The molecule has 4 unspecified atom stereocenters. The number of unbranched alkanes of at least 4 members (excludes halogenated alkanes) is 3. The van der Waals surface area contributed by atoms with Gasteiger partial charge in [-0.1, -0.05) is 40.0 Å². The highest BCUT2D eigenvalue weighted by Crippen LogP contribution is 2.44. The van der Waals surface area contributed by atoms with Gasteiger partial charge in [0.1, 0.15) is 12.4 Å². The number of nitro groups is 2. The fourth-order valence-corrected chi connectivity index (χ4v) is 9.07. The minimum atomic E-state index is -1.21. The van der Waals surface area contributed by atoms with E-state index in [4.69, 9.17) is 34.2 Å². The number of ether oxygens (including phenoxy) is 6. The Kier molecular flexibility index (Phi) is 20.5. The van der Waals surface area contributed by atoms with Crippen LogP contribution in [0.3, 0.4) is 0 Å². The summed E-state index contributed by atoms with van der Waals surface area (Å²) >= 11 is 0. The molecular weight excluding hydrogens is 941 g/mol. The fraction of sp³-hybridized carbons (Fsp3) is 0.593. The summed E-state index contributed by atoms with van der Waals surface area (Å²) in [6.45, 7) is 24.0. The van der Waals surface area contributed by atoms with E-state index in [-0.39, 0.29) is 23.3 Å². The predicted octanol–water partition coefficient (Wildman–Crippen LogP) is 10.8. The molecule has 4 atom stereocenters. The van der Waals surface area contributed by atoms with E-state index in [0.29, 0.717) is 56.2 Å². The molecule has 400 valence electrons. The van der Waals surface area contributed by atoms with Crippen molar-refractivity contribution in [3.05, 3.63) is 104 Å². The Labute approximate surface area is 429 Å². The van der Waals surface area contributed by atoms with Gasteiger partial charge in [-0.25, -0.2) is 24.4 Å². The fourth-order valence-electron chi connectivity index (χ4n) is 9.07. The molecule has 2 N–H and O–H groups in total. The SMILES string of the molecule is CCCCOC(=O)C1(C)C=C(c2ccc([N+](=O)[O-])cn2)CC(C)(C)O1.CCCCOC(=O)C1(C)CC(c2ccc(N)cn2)CC(C)(C)O1.CCCCOC(=O)C1(C)CC(c2ccc([N+](=O)[O-])cn2)=CC(C)(C)O1. The Bertz CT molecular complexity index is 2440. The van der Waals surface area contributed by atoms with Gasteiger partial charge >= 0.3 is 17.9 Å². The van der Waals surface area contributed by atoms with Crippen LogP contribution in [-0.2, 0) is 42.8 Å². The van der Waals surface area contributed by atoms with Crippen LogP contribution in [0, 0.1) is 20.2 Å². The first-order valence-corrected chi connectivity index (χ1v) is 25.1. The average molecular weight is 1020 g/mol. The Hall–Kier alpha value is -6.18. The molecule has 0 radical (unpaired) electrons. The molecule has 0 bridgehead atoms. The van der Waals surface area contributed by atoms with Crippen molar-refractivity contribution >= 4 is 46.1 Å². The monoisotopic (exact) mass is 1020 g/mol. The minimum Gasteiger partial charge on any atom is -0.464 e. The Morgan fingerprint density at radius 3 is 1.55 bits per heavy atom. The number of pyridine rings is 3. The third kappa shape index (κ3) is 17.2. The maximum Gasteiger partial charge on any atom is 0.342 e.